The van der Waals surface area contributed by atoms with E-state index in [1.807, 2.05) is 0 Å². The zero-order valence-corrected chi connectivity index (χ0v) is 3.42. The molecule has 1 saturated heterocycles. The van der Waals surface area contributed by atoms with Crippen LogP contribution in [-0.4, -0.2) is 18.2 Å². The van der Waals surface area contributed by atoms with Gasteiger partial charge in [-0.2, -0.15) is 0 Å². The van der Waals surface area contributed by atoms with Gasteiger partial charge in [-0.25, -0.2) is 0 Å². The molecule has 2 aliphatic rings. The van der Waals surface area contributed by atoms with Gasteiger partial charge in [-0.1, -0.05) is 0 Å². The number of rotatable bonds is 0. The first-order chi connectivity index (χ1) is 2.88. The summed E-state index contributed by atoms with van der Waals surface area (Å²) in [6.45, 7) is 0. The molecule has 0 aromatic carbocycles. The van der Waals surface area contributed by atoms with Crippen LogP contribution in [0.1, 0.15) is 6.42 Å². The number of nitrogens with two attached hydrogens (primary N) is 1. The van der Waals surface area contributed by atoms with Gasteiger partial charge in [0.05, 0.1) is 12.2 Å². The van der Waals surface area contributed by atoms with Gasteiger partial charge in [-0.3, -0.25) is 0 Å². The third-order valence-corrected chi connectivity index (χ3v) is 1.55. The number of hydrogen-bond acceptors (Lipinski definition) is 2. The van der Waals surface area contributed by atoms with Crippen molar-refractivity contribution in [3.63, 3.8) is 0 Å². The quantitative estimate of drug-likeness (QED) is 0.402. The summed E-state index contributed by atoms with van der Waals surface area (Å²) in [4.78, 5) is 0. The summed E-state index contributed by atoms with van der Waals surface area (Å²) in [5.41, 5.74) is 5.44. The van der Waals surface area contributed by atoms with Gasteiger partial charge in [0.15, 0.2) is 0 Å². The Kier molecular flexibility index (Phi) is 0.316. The van der Waals surface area contributed by atoms with E-state index >= 15 is 0 Å². The first kappa shape index (κ1) is 2.99. The van der Waals surface area contributed by atoms with E-state index in [2.05, 4.69) is 0 Å². The Labute approximate surface area is 36.3 Å². The van der Waals surface area contributed by atoms with Gasteiger partial charge in [-0.15, -0.1) is 0 Å². The maximum atomic E-state index is 5.44. The van der Waals surface area contributed by atoms with Crippen LogP contribution >= 0.6 is 0 Å². The van der Waals surface area contributed by atoms with Gasteiger partial charge in [0.1, 0.15) is 0 Å². The first-order valence-corrected chi connectivity index (χ1v) is 2.29. The van der Waals surface area contributed by atoms with Gasteiger partial charge < -0.3 is 10.5 Å². The lowest BCUT2D eigenvalue weighted by atomic mass is 9.95. The van der Waals surface area contributed by atoms with Crippen molar-refractivity contribution in [1.82, 2.24) is 0 Å². The minimum absolute atomic E-state index is 0.384. The average molecular weight is 85.1 g/mol. The summed E-state index contributed by atoms with van der Waals surface area (Å²) in [6.07, 6.45) is 2.16. The third-order valence-electron chi connectivity index (χ3n) is 1.55. The second-order valence-electron chi connectivity index (χ2n) is 2.04. The SMILES string of the molecule is NC1CC2OC12. The molecular weight excluding hydrogens is 78.0 g/mol. The van der Waals surface area contributed by atoms with Crippen LogP contribution < -0.4 is 5.73 Å². The Morgan fingerprint density at radius 3 is 2.50 bits per heavy atom. The molecular formula is C4H7NO. The molecule has 34 valence electrons. The van der Waals surface area contributed by atoms with Gasteiger partial charge in [0.25, 0.3) is 0 Å². The molecule has 3 unspecified atom stereocenters. The summed E-state index contributed by atoms with van der Waals surface area (Å²) >= 11 is 0. The van der Waals surface area contributed by atoms with E-state index < -0.39 is 0 Å². The number of fused-ring (bicyclic) bond motifs is 1. The second kappa shape index (κ2) is 0.634. The highest BCUT2D eigenvalue weighted by molar-refractivity contribution is 5.05. The monoisotopic (exact) mass is 85.1 g/mol. The maximum absolute atomic E-state index is 5.44. The fourth-order valence-electron chi connectivity index (χ4n) is 0.929. The fraction of sp³-hybridized carbons (Fsp3) is 1.00. The van der Waals surface area contributed by atoms with E-state index in [0.29, 0.717) is 18.2 Å². The van der Waals surface area contributed by atoms with E-state index in [-0.39, 0.29) is 0 Å². The van der Waals surface area contributed by atoms with Crippen LogP contribution in [0.2, 0.25) is 0 Å². The number of hydrogen-bond donors (Lipinski definition) is 1. The molecule has 0 bridgehead atoms. The lowest BCUT2D eigenvalue weighted by molar-refractivity contribution is 0.410. The molecule has 2 heteroatoms. The molecule has 0 amide bonds. The van der Waals surface area contributed by atoms with E-state index in [1.54, 1.807) is 0 Å². The van der Waals surface area contributed by atoms with Crippen LogP contribution in [0, 0.1) is 0 Å². The molecule has 0 aromatic rings. The van der Waals surface area contributed by atoms with Gasteiger partial charge >= 0.3 is 0 Å². The van der Waals surface area contributed by atoms with Crippen molar-refractivity contribution in [3.8, 4) is 0 Å². The Bertz CT molecular complexity index is 83.6. The second-order valence-corrected chi connectivity index (χ2v) is 2.04. The van der Waals surface area contributed by atoms with E-state index in [4.69, 9.17) is 10.5 Å². The van der Waals surface area contributed by atoms with Crippen LogP contribution in [0.5, 0.6) is 0 Å². The summed E-state index contributed by atoms with van der Waals surface area (Å²) in [6, 6.07) is 0.384. The van der Waals surface area contributed by atoms with Crippen LogP contribution in [0.25, 0.3) is 0 Å². The number of epoxide rings is 1. The van der Waals surface area contributed by atoms with Gasteiger partial charge in [0, 0.05) is 6.04 Å². The van der Waals surface area contributed by atoms with Crippen molar-refractivity contribution in [1.29, 1.82) is 0 Å². The largest absolute Gasteiger partial charge is 0.368 e. The molecule has 1 aliphatic carbocycles. The molecule has 0 spiro atoms. The van der Waals surface area contributed by atoms with E-state index in [9.17, 15) is 0 Å². The maximum Gasteiger partial charge on any atom is 0.0993 e. The van der Waals surface area contributed by atoms with Crippen molar-refractivity contribution < 1.29 is 4.74 Å². The topological polar surface area (TPSA) is 38.5 Å². The molecule has 2 nitrogen and oxygen atoms in total. The summed E-state index contributed by atoms with van der Waals surface area (Å²) in [5.74, 6) is 0. The molecule has 3 atom stereocenters. The highest BCUT2D eigenvalue weighted by Gasteiger charge is 2.54. The van der Waals surface area contributed by atoms with E-state index in [1.165, 1.54) is 0 Å². The van der Waals surface area contributed by atoms with E-state index in [0.717, 1.165) is 6.42 Å². The molecule has 1 aliphatic heterocycles. The smallest absolute Gasteiger partial charge is 0.0993 e. The highest BCUT2D eigenvalue weighted by atomic mass is 16.6. The number of ether oxygens (including phenoxy) is 1. The zero-order valence-electron chi connectivity index (χ0n) is 3.42. The Morgan fingerprint density at radius 2 is 2.50 bits per heavy atom. The van der Waals surface area contributed by atoms with Crippen molar-refractivity contribution in [3.05, 3.63) is 0 Å². The molecule has 1 heterocycles. The minimum atomic E-state index is 0.384. The zero-order chi connectivity index (χ0) is 4.15. The molecule has 2 rings (SSSR count). The molecule has 0 radical (unpaired) electrons. The third kappa shape index (κ3) is 0.172. The van der Waals surface area contributed by atoms with Gasteiger partial charge in [-0.05, 0) is 6.42 Å². The molecule has 6 heavy (non-hydrogen) atoms. The predicted molar refractivity (Wildman–Crippen MR) is 21.3 cm³/mol. The Balaban J connectivity index is 2.08. The molecule has 2 N–H and O–H groups in total. The summed E-state index contributed by atoms with van der Waals surface area (Å²) in [7, 11) is 0. The summed E-state index contributed by atoms with van der Waals surface area (Å²) in [5, 5.41) is 0. The Hall–Kier alpha value is -0.0800. The van der Waals surface area contributed by atoms with Crippen molar-refractivity contribution >= 4 is 0 Å². The van der Waals surface area contributed by atoms with Crippen molar-refractivity contribution in [2.24, 2.45) is 5.73 Å². The highest BCUT2D eigenvalue weighted by Crippen LogP contribution is 2.39. The Morgan fingerprint density at radius 1 is 1.67 bits per heavy atom. The summed E-state index contributed by atoms with van der Waals surface area (Å²) < 4.78 is 5.02. The van der Waals surface area contributed by atoms with Crippen molar-refractivity contribution in [2.75, 3.05) is 0 Å². The fourth-order valence-corrected chi connectivity index (χ4v) is 0.929. The van der Waals surface area contributed by atoms with Crippen LogP contribution in [0.15, 0.2) is 0 Å². The predicted octanol–water partition coefficient (Wildman–Crippen LogP) is -0.515. The minimum Gasteiger partial charge on any atom is -0.368 e. The van der Waals surface area contributed by atoms with Gasteiger partial charge in [0.2, 0.25) is 0 Å². The lowest BCUT2D eigenvalue weighted by Gasteiger charge is -2.12. The average Bonchev–Trinajstić information content (AvgIpc) is 2.12. The lowest BCUT2D eigenvalue weighted by Crippen LogP contribution is -2.37. The van der Waals surface area contributed by atoms with Crippen LogP contribution in [0.4, 0.5) is 0 Å². The first-order valence-electron chi connectivity index (χ1n) is 2.29. The van der Waals surface area contributed by atoms with Crippen molar-refractivity contribution in [2.45, 2.75) is 24.7 Å². The standard InChI is InChI=1S/C4H7NO/c5-2-1-3-4(2)6-3/h2-4H,1,5H2. The molecule has 0 aromatic heterocycles. The normalized spacial score (nSPS) is 62.5. The van der Waals surface area contributed by atoms with Crippen LogP contribution in [-0.2, 0) is 4.74 Å². The molecule has 1 saturated carbocycles. The molecule has 2 fully saturated rings. The van der Waals surface area contributed by atoms with Crippen LogP contribution in [0.3, 0.4) is 0 Å².